The van der Waals surface area contributed by atoms with E-state index < -0.39 is 10.0 Å². The van der Waals surface area contributed by atoms with E-state index >= 15 is 0 Å². The Bertz CT molecular complexity index is 891. The van der Waals surface area contributed by atoms with Crippen molar-refractivity contribution in [2.24, 2.45) is 0 Å². The molecule has 1 aliphatic rings. The van der Waals surface area contributed by atoms with Crippen LogP contribution in [0.3, 0.4) is 0 Å². The van der Waals surface area contributed by atoms with Crippen molar-refractivity contribution in [1.82, 2.24) is 4.31 Å². The molecule has 6 nitrogen and oxygen atoms in total. The number of benzene rings is 2. The minimum Gasteiger partial charge on any atom is -0.493 e. The Hall–Kier alpha value is -2.09. The quantitative estimate of drug-likeness (QED) is 0.801. The van der Waals surface area contributed by atoms with Crippen LogP contribution in [-0.2, 0) is 16.6 Å². The number of nitrogens with zero attached hydrogens (tertiary/aromatic N) is 1. The lowest BCUT2D eigenvalue weighted by Gasteiger charge is -2.31. The third-order valence-electron chi connectivity index (χ3n) is 4.96. The lowest BCUT2D eigenvalue weighted by atomic mass is 10.1. The van der Waals surface area contributed by atoms with Crippen LogP contribution in [0.2, 0.25) is 0 Å². The summed E-state index contributed by atoms with van der Waals surface area (Å²) in [5.74, 6) is 0.936. The zero-order valence-electron chi connectivity index (χ0n) is 16.1. The molecule has 2 aromatic carbocycles. The standard InChI is InChI=1S/C20H26N2O4S/c1-16-5-4-6-17(13-16)15-21-9-11-22(12-10-21)27(23,24)18-7-8-19(25-2)20(14-18)26-3/h4-8,13-14H,9-12,15H2,1-3H3/p+1. The molecule has 0 saturated carbocycles. The van der Waals surface area contributed by atoms with E-state index in [9.17, 15) is 8.42 Å². The summed E-state index contributed by atoms with van der Waals surface area (Å²) in [6, 6.07) is 13.2. The number of quaternary nitrogens is 1. The van der Waals surface area contributed by atoms with Crippen LogP contribution in [0.4, 0.5) is 0 Å². The summed E-state index contributed by atoms with van der Waals surface area (Å²) in [7, 11) is -0.506. The van der Waals surface area contributed by atoms with Crippen molar-refractivity contribution in [3.8, 4) is 11.5 Å². The molecule has 0 amide bonds. The number of hydrogen-bond donors (Lipinski definition) is 1. The summed E-state index contributed by atoms with van der Waals surface area (Å²) in [6.45, 7) is 5.62. The van der Waals surface area contributed by atoms with Gasteiger partial charge in [-0.25, -0.2) is 8.42 Å². The van der Waals surface area contributed by atoms with Gasteiger partial charge in [-0.05, 0) is 19.1 Å². The second-order valence-corrected chi connectivity index (χ2v) is 8.77. The molecule has 0 aromatic heterocycles. The molecule has 1 fully saturated rings. The average Bonchev–Trinajstić information content (AvgIpc) is 2.68. The predicted molar refractivity (Wildman–Crippen MR) is 104 cm³/mol. The maximum absolute atomic E-state index is 13.0. The maximum Gasteiger partial charge on any atom is 0.243 e. The summed E-state index contributed by atoms with van der Waals surface area (Å²) in [6.07, 6.45) is 0. The highest BCUT2D eigenvalue weighted by atomic mass is 32.2. The van der Waals surface area contributed by atoms with Crippen molar-refractivity contribution in [1.29, 1.82) is 0 Å². The van der Waals surface area contributed by atoms with E-state index in [2.05, 4.69) is 31.2 Å². The van der Waals surface area contributed by atoms with Crippen molar-refractivity contribution in [2.75, 3.05) is 40.4 Å². The molecule has 1 heterocycles. The average molecular weight is 392 g/mol. The second-order valence-electron chi connectivity index (χ2n) is 6.84. The first-order valence-corrected chi connectivity index (χ1v) is 10.5. The van der Waals surface area contributed by atoms with Crippen molar-refractivity contribution in [3.63, 3.8) is 0 Å². The molecule has 7 heteroatoms. The van der Waals surface area contributed by atoms with E-state index in [4.69, 9.17) is 9.47 Å². The van der Waals surface area contributed by atoms with Gasteiger partial charge in [0, 0.05) is 11.6 Å². The number of piperazine rings is 1. The predicted octanol–water partition coefficient (Wildman–Crippen LogP) is 1.10. The van der Waals surface area contributed by atoms with Gasteiger partial charge in [-0.15, -0.1) is 0 Å². The molecule has 0 radical (unpaired) electrons. The molecule has 146 valence electrons. The minimum absolute atomic E-state index is 0.238. The zero-order valence-corrected chi connectivity index (χ0v) is 16.9. The lowest BCUT2D eigenvalue weighted by Crippen LogP contribution is -3.13. The van der Waals surface area contributed by atoms with E-state index in [1.165, 1.54) is 36.3 Å². The summed E-state index contributed by atoms with van der Waals surface area (Å²) in [5, 5.41) is 0. The zero-order chi connectivity index (χ0) is 19.4. The van der Waals surface area contributed by atoms with E-state index in [-0.39, 0.29) is 4.90 Å². The van der Waals surface area contributed by atoms with Crippen LogP contribution in [0.1, 0.15) is 11.1 Å². The first kappa shape index (κ1) is 19.7. The SMILES string of the molecule is COc1ccc(S(=O)(=O)N2CC[NH+](Cc3cccc(C)c3)CC2)cc1OC. The van der Waals surface area contributed by atoms with Gasteiger partial charge in [0.15, 0.2) is 11.5 Å². The van der Waals surface area contributed by atoms with Crippen LogP contribution in [0.15, 0.2) is 47.4 Å². The molecule has 0 aliphatic carbocycles. The number of nitrogens with one attached hydrogen (secondary N) is 1. The molecule has 3 rings (SSSR count). The van der Waals surface area contributed by atoms with E-state index in [1.54, 1.807) is 16.4 Å². The van der Waals surface area contributed by atoms with E-state index in [0.717, 1.165) is 19.6 Å². The Kier molecular flexibility index (Phi) is 6.04. The van der Waals surface area contributed by atoms with Gasteiger partial charge in [0.05, 0.1) is 45.3 Å². The van der Waals surface area contributed by atoms with E-state index in [0.29, 0.717) is 24.6 Å². The fourth-order valence-corrected chi connectivity index (χ4v) is 4.91. The molecule has 1 saturated heterocycles. The molecule has 27 heavy (non-hydrogen) atoms. The van der Waals surface area contributed by atoms with Crippen LogP contribution in [0.5, 0.6) is 11.5 Å². The second kappa shape index (κ2) is 8.29. The molecular weight excluding hydrogens is 364 g/mol. The highest BCUT2D eigenvalue weighted by Crippen LogP contribution is 2.30. The minimum atomic E-state index is -3.54. The van der Waals surface area contributed by atoms with Gasteiger partial charge in [-0.1, -0.05) is 29.8 Å². The van der Waals surface area contributed by atoms with Crippen LogP contribution in [0.25, 0.3) is 0 Å². The molecule has 0 spiro atoms. The molecule has 0 atom stereocenters. The molecule has 0 unspecified atom stereocenters. The highest BCUT2D eigenvalue weighted by Gasteiger charge is 2.31. The Balaban J connectivity index is 1.67. The summed E-state index contributed by atoms with van der Waals surface area (Å²) in [4.78, 5) is 1.64. The number of sulfonamides is 1. The molecule has 2 aromatic rings. The third kappa shape index (κ3) is 4.43. The number of rotatable bonds is 6. The van der Waals surface area contributed by atoms with Crippen molar-refractivity contribution >= 4 is 10.0 Å². The molecule has 1 N–H and O–H groups in total. The normalized spacial score (nSPS) is 16.3. The first-order chi connectivity index (χ1) is 12.9. The third-order valence-corrected chi connectivity index (χ3v) is 6.85. The van der Waals surface area contributed by atoms with Crippen LogP contribution >= 0.6 is 0 Å². The topological polar surface area (TPSA) is 60.3 Å². The van der Waals surface area contributed by atoms with Crippen molar-refractivity contribution < 1.29 is 22.8 Å². The van der Waals surface area contributed by atoms with Gasteiger partial charge >= 0.3 is 0 Å². The lowest BCUT2D eigenvalue weighted by molar-refractivity contribution is -0.917. The fourth-order valence-electron chi connectivity index (χ4n) is 3.46. The van der Waals surface area contributed by atoms with Gasteiger partial charge in [-0.2, -0.15) is 4.31 Å². The largest absolute Gasteiger partial charge is 0.493 e. The highest BCUT2D eigenvalue weighted by molar-refractivity contribution is 7.89. The summed E-state index contributed by atoms with van der Waals surface area (Å²) >= 11 is 0. The summed E-state index contributed by atoms with van der Waals surface area (Å²) < 4.78 is 38.0. The Labute approximate surface area is 161 Å². The van der Waals surface area contributed by atoms with E-state index in [1.807, 2.05) is 0 Å². The molecular formula is C20H27N2O4S+. The number of aryl methyl sites for hydroxylation is 1. The maximum atomic E-state index is 13.0. The Morgan fingerprint density at radius 3 is 2.33 bits per heavy atom. The van der Waals surface area contributed by atoms with Crippen molar-refractivity contribution in [3.05, 3.63) is 53.6 Å². The monoisotopic (exact) mass is 391 g/mol. The van der Waals surface area contributed by atoms with Gasteiger partial charge in [0.1, 0.15) is 6.54 Å². The smallest absolute Gasteiger partial charge is 0.243 e. The number of hydrogen-bond acceptors (Lipinski definition) is 4. The Morgan fingerprint density at radius 1 is 1.00 bits per heavy atom. The molecule has 1 aliphatic heterocycles. The van der Waals surface area contributed by atoms with Crippen LogP contribution in [-0.4, -0.2) is 53.1 Å². The van der Waals surface area contributed by atoms with Crippen molar-refractivity contribution in [2.45, 2.75) is 18.4 Å². The number of ether oxygens (including phenoxy) is 2. The Morgan fingerprint density at radius 2 is 1.70 bits per heavy atom. The number of methoxy groups -OCH3 is 2. The van der Waals surface area contributed by atoms with Gasteiger partial charge in [0.25, 0.3) is 0 Å². The summed E-state index contributed by atoms with van der Waals surface area (Å²) in [5.41, 5.74) is 2.54. The van der Waals surface area contributed by atoms with Crippen LogP contribution in [0, 0.1) is 6.92 Å². The van der Waals surface area contributed by atoms with Gasteiger partial charge in [-0.3, -0.25) is 0 Å². The van der Waals surface area contributed by atoms with Gasteiger partial charge in [0.2, 0.25) is 10.0 Å². The fraction of sp³-hybridized carbons (Fsp3) is 0.400. The van der Waals surface area contributed by atoms with Crippen LogP contribution < -0.4 is 14.4 Å². The first-order valence-electron chi connectivity index (χ1n) is 9.05. The van der Waals surface area contributed by atoms with Gasteiger partial charge < -0.3 is 14.4 Å². The molecule has 0 bridgehead atoms.